The zero-order valence-corrected chi connectivity index (χ0v) is 17.2. The summed E-state index contributed by atoms with van der Waals surface area (Å²) in [6.07, 6.45) is 1.58. The first kappa shape index (κ1) is 21.5. The van der Waals surface area contributed by atoms with Gasteiger partial charge in [0.15, 0.2) is 0 Å². The lowest BCUT2D eigenvalue weighted by atomic mass is 9.92. The van der Waals surface area contributed by atoms with E-state index in [0.717, 1.165) is 49.5 Å². The highest BCUT2D eigenvalue weighted by Gasteiger charge is 2.18. The monoisotopic (exact) mass is 348 g/mol. The summed E-state index contributed by atoms with van der Waals surface area (Å²) in [5.41, 5.74) is 4.41. The van der Waals surface area contributed by atoms with Crippen LogP contribution >= 0.6 is 0 Å². The Labute approximate surface area is 153 Å². The van der Waals surface area contributed by atoms with Crippen molar-refractivity contribution in [1.82, 2.24) is 0 Å². The second-order valence-corrected chi connectivity index (χ2v) is 7.69. The molecule has 1 N–H and O–H groups in total. The standard InChI is InChI=1S/C19H30N2O2.C2H6/c1-14-11-16(21-7-6-9-23-10-8-21)12-15(2)18(14)20-17(22)13-19(3,4)5;1-2/h11-12H,6-10,13H2,1-5H3,(H,20,22);1-2H3. The summed E-state index contributed by atoms with van der Waals surface area (Å²) in [6, 6.07) is 4.34. The average Bonchev–Trinajstić information content (AvgIpc) is 2.80. The van der Waals surface area contributed by atoms with E-state index in [-0.39, 0.29) is 11.3 Å². The summed E-state index contributed by atoms with van der Waals surface area (Å²) in [5.74, 6) is 0.0830. The van der Waals surface area contributed by atoms with E-state index in [4.69, 9.17) is 4.74 Å². The summed E-state index contributed by atoms with van der Waals surface area (Å²) in [4.78, 5) is 14.6. The van der Waals surface area contributed by atoms with Crippen LogP contribution in [0.1, 0.15) is 58.6 Å². The average molecular weight is 349 g/mol. The van der Waals surface area contributed by atoms with Gasteiger partial charge in [-0.05, 0) is 48.9 Å². The van der Waals surface area contributed by atoms with Crippen LogP contribution in [0.4, 0.5) is 11.4 Å². The van der Waals surface area contributed by atoms with E-state index >= 15 is 0 Å². The fourth-order valence-electron chi connectivity index (χ4n) is 2.99. The quantitative estimate of drug-likeness (QED) is 0.842. The molecule has 1 amide bonds. The Morgan fingerprint density at radius 3 is 2.28 bits per heavy atom. The van der Waals surface area contributed by atoms with E-state index in [9.17, 15) is 4.79 Å². The fourth-order valence-corrected chi connectivity index (χ4v) is 2.99. The second kappa shape index (κ2) is 9.81. The van der Waals surface area contributed by atoms with Crippen LogP contribution in [0.2, 0.25) is 0 Å². The lowest BCUT2D eigenvalue weighted by Crippen LogP contribution is -2.26. The van der Waals surface area contributed by atoms with E-state index < -0.39 is 0 Å². The van der Waals surface area contributed by atoms with Gasteiger partial charge in [0, 0.05) is 37.5 Å². The van der Waals surface area contributed by atoms with Crippen molar-refractivity contribution in [2.75, 3.05) is 36.5 Å². The summed E-state index contributed by atoms with van der Waals surface area (Å²) in [6.45, 7) is 17.9. The third kappa shape index (κ3) is 7.07. The third-order valence-corrected chi connectivity index (χ3v) is 4.06. The summed E-state index contributed by atoms with van der Waals surface area (Å²) in [5, 5.41) is 3.10. The SMILES string of the molecule is CC.Cc1cc(N2CCCOCC2)cc(C)c1NC(=O)CC(C)(C)C. The van der Waals surface area contributed by atoms with Crippen LogP contribution in [0.15, 0.2) is 12.1 Å². The molecule has 0 radical (unpaired) electrons. The Hall–Kier alpha value is -1.55. The minimum atomic E-state index is -0.00210. The van der Waals surface area contributed by atoms with E-state index in [1.54, 1.807) is 0 Å². The minimum absolute atomic E-state index is 0.00210. The maximum Gasteiger partial charge on any atom is 0.224 e. The number of benzene rings is 1. The number of ether oxygens (including phenoxy) is 1. The Balaban J connectivity index is 0.00000151. The number of aryl methyl sites for hydroxylation is 2. The lowest BCUT2D eigenvalue weighted by Gasteiger charge is -2.25. The lowest BCUT2D eigenvalue weighted by molar-refractivity contribution is -0.117. The van der Waals surface area contributed by atoms with Gasteiger partial charge in [-0.1, -0.05) is 34.6 Å². The zero-order valence-electron chi connectivity index (χ0n) is 17.2. The predicted octanol–water partition coefficient (Wildman–Crippen LogP) is 4.93. The molecule has 0 aromatic heterocycles. The van der Waals surface area contributed by atoms with Crippen molar-refractivity contribution in [2.24, 2.45) is 5.41 Å². The van der Waals surface area contributed by atoms with Gasteiger partial charge in [0.1, 0.15) is 0 Å². The van der Waals surface area contributed by atoms with Crippen molar-refractivity contribution >= 4 is 17.3 Å². The van der Waals surface area contributed by atoms with Crippen molar-refractivity contribution in [1.29, 1.82) is 0 Å². The molecule has 4 heteroatoms. The van der Waals surface area contributed by atoms with Gasteiger partial charge in [-0.3, -0.25) is 4.79 Å². The molecule has 1 heterocycles. The normalized spacial score (nSPS) is 15.1. The molecule has 1 saturated heterocycles. The Morgan fingerprint density at radius 2 is 1.72 bits per heavy atom. The van der Waals surface area contributed by atoms with Crippen molar-refractivity contribution < 1.29 is 9.53 Å². The Morgan fingerprint density at radius 1 is 1.12 bits per heavy atom. The fraction of sp³-hybridized carbons (Fsp3) is 0.667. The molecule has 1 aromatic rings. The van der Waals surface area contributed by atoms with Gasteiger partial charge in [0.25, 0.3) is 0 Å². The van der Waals surface area contributed by atoms with E-state index in [1.807, 2.05) is 13.8 Å². The molecule has 25 heavy (non-hydrogen) atoms. The van der Waals surface area contributed by atoms with Gasteiger partial charge < -0.3 is 15.0 Å². The van der Waals surface area contributed by atoms with E-state index in [1.165, 1.54) is 5.69 Å². The molecule has 2 rings (SSSR count). The third-order valence-electron chi connectivity index (χ3n) is 4.06. The van der Waals surface area contributed by atoms with Crippen LogP contribution in [0.5, 0.6) is 0 Å². The van der Waals surface area contributed by atoms with Crippen molar-refractivity contribution in [2.45, 2.75) is 61.3 Å². The molecule has 0 unspecified atom stereocenters. The molecule has 0 bridgehead atoms. The first-order chi connectivity index (χ1) is 11.8. The molecule has 0 saturated carbocycles. The first-order valence-electron chi connectivity index (χ1n) is 9.50. The highest BCUT2D eigenvalue weighted by molar-refractivity contribution is 5.93. The number of carbonyl (C=O) groups is 1. The maximum absolute atomic E-state index is 12.2. The number of nitrogens with zero attached hydrogens (tertiary/aromatic N) is 1. The number of nitrogens with one attached hydrogen (secondary N) is 1. The largest absolute Gasteiger partial charge is 0.380 e. The van der Waals surface area contributed by atoms with Gasteiger partial charge in [0.05, 0.1) is 6.61 Å². The number of amides is 1. The molecule has 1 aliphatic rings. The maximum atomic E-state index is 12.2. The topological polar surface area (TPSA) is 41.6 Å². The molecule has 1 fully saturated rings. The zero-order chi connectivity index (χ0) is 19.0. The molecule has 142 valence electrons. The molecule has 1 aromatic carbocycles. The van der Waals surface area contributed by atoms with Gasteiger partial charge in [-0.15, -0.1) is 0 Å². The molecular formula is C21H36N2O2. The van der Waals surface area contributed by atoms with Crippen LogP contribution in [-0.4, -0.2) is 32.2 Å². The molecule has 0 spiro atoms. The van der Waals surface area contributed by atoms with Crippen LogP contribution in [0.3, 0.4) is 0 Å². The summed E-state index contributed by atoms with van der Waals surface area (Å²) in [7, 11) is 0. The van der Waals surface area contributed by atoms with Crippen LogP contribution in [-0.2, 0) is 9.53 Å². The van der Waals surface area contributed by atoms with Gasteiger partial charge in [-0.2, -0.15) is 0 Å². The Kier molecular flexibility index (Phi) is 8.43. The summed E-state index contributed by atoms with van der Waals surface area (Å²) < 4.78 is 5.53. The van der Waals surface area contributed by atoms with Crippen LogP contribution < -0.4 is 10.2 Å². The second-order valence-electron chi connectivity index (χ2n) is 7.69. The molecule has 0 atom stereocenters. The number of hydrogen-bond acceptors (Lipinski definition) is 3. The molecule has 1 aliphatic heterocycles. The van der Waals surface area contributed by atoms with Gasteiger partial charge in [-0.25, -0.2) is 0 Å². The van der Waals surface area contributed by atoms with Gasteiger partial charge >= 0.3 is 0 Å². The molecule has 4 nitrogen and oxygen atoms in total. The molecule has 0 aliphatic carbocycles. The predicted molar refractivity (Wildman–Crippen MR) is 108 cm³/mol. The highest BCUT2D eigenvalue weighted by atomic mass is 16.5. The van der Waals surface area contributed by atoms with Gasteiger partial charge in [0.2, 0.25) is 5.91 Å². The number of hydrogen-bond donors (Lipinski definition) is 1. The van der Waals surface area contributed by atoms with Crippen molar-refractivity contribution in [3.63, 3.8) is 0 Å². The van der Waals surface area contributed by atoms with Crippen molar-refractivity contribution in [3.05, 3.63) is 23.3 Å². The number of anilines is 2. The summed E-state index contributed by atoms with van der Waals surface area (Å²) >= 11 is 0. The van der Waals surface area contributed by atoms with Crippen LogP contribution in [0.25, 0.3) is 0 Å². The Bertz CT molecular complexity index is 530. The van der Waals surface area contributed by atoms with Crippen LogP contribution in [0, 0.1) is 19.3 Å². The first-order valence-corrected chi connectivity index (χ1v) is 9.50. The minimum Gasteiger partial charge on any atom is -0.380 e. The highest BCUT2D eigenvalue weighted by Crippen LogP contribution is 2.29. The van der Waals surface area contributed by atoms with E-state index in [0.29, 0.717) is 6.42 Å². The number of rotatable bonds is 3. The smallest absolute Gasteiger partial charge is 0.224 e. The molecular weight excluding hydrogens is 312 g/mol. The van der Waals surface area contributed by atoms with E-state index in [2.05, 4.69) is 57.0 Å². The van der Waals surface area contributed by atoms with Crippen molar-refractivity contribution in [3.8, 4) is 0 Å². The number of carbonyl (C=O) groups excluding carboxylic acids is 1.